The van der Waals surface area contributed by atoms with Crippen LogP contribution in [0.1, 0.15) is 27.2 Å². The van der Waals surface area contributed by atoms with Crippen LogP contribution in [-0.4, -0.2) is 41.7 Å². The molecule has 0 saturated carbocycles. The summed E-state index contributed by atoms with van der Waals surface area (Å²) in [4.78, 5) is 0. The lowest BCUT2D eigenvalue weighted by atomic mass is 10.2. The third kappa shape index (κ3) is 2.67. The zero-order valence-corrected chi connectivity index (χ0v) is 10.8. The molecule has 0 aromatic rings. The molecule has 1 unspecified atom stereocenters. The van der Waals surface area contributed by atoms with Gasteiger partial charge in [0.2, 0.25) is 0 Å². The monoisotopic (exact) mass is 214 g/mol. The number of rotatable bonds is 0. The molecule has 1 aliphatic rings. The highest BCUT2D eigenvalue weighted by molar-refractivity contribution is 8.00. The van der Waals surface area contributed by atoms with E-state index in [4.69, 9.17) is 0 Å². The molecule has 1 aliphatic heterocycles. The number of hydrogen-bond acceptors (Lipinski definition) is 3. The highest BCUT2D eigenvalue weighted by Gasteiger charge is 2.15. The van der Waals surface area contributed by atoms with Crippen LogP contribution in [0.5, 0.6) is 0 Å². The Morgan fingerprint density at radius 3 is 2.57 bits per heavy atom. The quantitative estimate of drug-likeness (QED) is 0.612. The van der Waals surface area contributed by atoms with Gasteiger partial charge in [0.05, 0.1) is 0 Å². The summed E-state index contributed by atoms with van der Waals surface area (Å²) in [7, 11) is 4.32. The predicted molar refractivity (Wildman–Crippen MR) is 65.3 cm³/mol. The zero-order valence-electron chi connectivity index (χ0n) is 10.0. The summed E-state index contributed by atoms with van der Waals surface area (Å²) in [6, 6.07) is 0. The van der Waals surface area contributed by atoms with Crippen molar-refractivity contribution in [2.75, 3.05) is 26.4 Å². The van der Waals surface area contributed by atoms with Gasteiger partial charge in [-0.3, -0.25) is 0 Å². The van der Waals surface area contributed by atoms with Crippen molar-refractivity contribution in [1.29, 1.82) is 0 Å². The molecule has 0 fully saturated rings. The van der Waals surface area contributed by atoms with E-state index in [9.17, 15) is 0 Å². The Morgan fingerprint density at radius 1 is 1.29 bits per heavy atom. The van der Waals surface area contributed by atoms with E-state index in [0.717, 1.165) is 6.54 Å². The number of nitrogens with zero attached hydrogens (tertiary/aromatic N) is 2. The molecular formula is C11H22N2S. The van der Waals surface area contributed by atoms with Gasteiger partial charge in [0.25, 0.3) is 0 Å². The van der Waals surface area contributed by atoms with Gasteiger partial charge in [0.1, 0.15) is 0 Å². The number of hydrazine groups is 1. The minimum Gasteiger partial charge on any atom is -0.314 e. The number of hydrogen-bond donors (Lipinski definition) is 0. The number of thioether (sulfide) groups is 1. The van der Waals surface area contributed by atoms with E-state index in [1.807, 2.05) is 0 Å². The van der Waals surface area contributed by atoms with Gasteiger partial charge in [-0.2, -0.15) is 11.8 Å². The lowest BCUT2D eigenvalue weighted by molar-refractivity contribution is 0.0645. The van der Waals surface area contributed by atoms with Gasteiger partial charge in [-0.25, -0.2) is 5.01 Å². The standard InChI is InChI=1S/C11H22N2S/c1-9-10(2)13(5)12(4)7-6-8-14-11(9)3/h11H,6-8H2,1-5H3/b10-9+. The van der Waals surface area contributed by atoms with E-state index in [-0.39, 0.29) is 0 Å². The highest BCUT2D eigenvalue weighted by Crippen LogP contribution is 2.25. The van der Waals surface area contributed by atoms with Crippen molar-refractivity contribution >= 4 is 11.8 Å². The fourth-order valence-electron chi connectivity index (χ4n) is 1.63. The smallest absolute Gasteiger partial charge is 0.0262 e. The Bertz CT molecular complexity index is 225. The topological polar surface area (TPSA) is 6.48 Å². The third-order valence-electron chi connectivity index (χ3n) is 3.17. The van der Waals surface area contributed by atoms with Crippen molar-refractivity contribution in [3.05, 3.63) is 11.3 Å². The maximum atomic E-state index is 2.31. The van der Waals surface area contributed by atoms with Crippen molar-refractivity contribution in [2.24, 2.45) is 0 Å². The van der Waals surface area contributed by atoms with Crippen molar-refractivity contribution in [1.82, 2.24) is 10.0 Å². The Hall–Kier alpha value is -0.150. The highest BCUT2D eigenvalue weighted by atomic mass is 32.2. The van der Waals surface area contributed by atoms with Crippen LogP contribution in [0.15, 0.2) is 11.3 Å². The molecule has 1 atom stereocenters. The van der Waals surface area contributed by atoms with Crippen molar-refractivity contribution in [3.8, 4) is 0 Å². The maximum absolute atomic E-state index is 2.31. The molecule has 0 aromatic carbocycles. The molecule has 2 nitrogen and oxygen atoms in total. The van der Waals surface area contributed by atoms with Crippen LogP contribution < -0.4 is 0 Å². The Kier molecular flexibility index (Phi) is 4.32. The van der Waals surface area contributed by atoms with Gasteiger partial charge in [0.15, 0.2) is 0 Å². The summed E-state index contributed by atoms with van der Waals surface area (Å²) in [5, 5.41) is 5.23. The van der Waals surface area contributed by atoms with E-state index in [2.05, 4.69) is 56.6 Å². The lowest BCUT2D eigenvalue weighted by Crippen LogP contribution is -2.36. The minimum atomic E-state index is 0.656. The summed E-state index contributed by atoms with van der Waals surface area (Å²) >= 11 is 2.07. The van der Waals surface area contributed by atoms with E-state index < -0.39 is 0 Å². The average Bonchev–Trinajstić information content (AvgIpc) is 2.21. The first-order chi connectivity index (χ1) is 6.54. The average molecular weight is 214 g/mol. The second-order valence-corrected chi connectivity index (χ2v) is 5.49. The van der Waals surface area contributed by atoms with Crippen molar-refractivity contribution < 1.29 is 0 Å². The van der Waals surface area contributed by atoms with E-state index in [0.29, 0.717) is 5.25 Å². The van der Waals surface area contributed by atoms with Gasteiger partial charge in [0, 0.05) is 31.6 Å². The molecule has 0 aromatic heterocycles. The fourth-order valence-corrected chi connectivity index (χ4v) is 2.70. The molecule has 1 heterocycles. The fraction of sp³-hybridized carbons (Fsp3) is 0.818. The van der Waals surface area contributed by atoms with Gasteiger partial charge in [-0.15, -0.1) is 0 Å². The van der Waals surface area contributed by atoms with Crippen LogP contribution in [0.4, 0.5) is 0 Å². The van der Waals surface area contributed by atoms with Crippen LogP contribution in [-0.2, 0) is 0 Å². The molecule has 1 rings (SSSR count). The first kappa shape index (κ1) is 11.9. The molecule has 0 bridgehead atoms. The van der Waals surface area contributed by atoms with Crippen LogP contribution in [0, 0.1) is 0 Å². The molecule has 0 aliphatic carbocycles. The van der Waals surface area contributed by atoms with E-state index in [1.165, 1.54) is 23.4 Å². The third-order valence-corrected chi connectivity index (χ3v) is 4.55. The largest absolute Gasteiger partial charge is 0.314 e. The first-order valence-electron chi connectivity index (χ1n) is 5.27. The molecule has 14 heavy (non-hydrogen) atoms. The molecule has 0 amide bonds. The van der Waals surface area contributed by atoms with Crippen molar-refractivity contribution in [3.63, 3.8) is 0 Å². The molecule has 82 valence electrons. The van der Waals surface area contributed by atoms with Crippen molar-refractivity contribution in [2.45, 2.75) is 32.4 Å². The van der Waals surface area contributed by atoms with Crippen LogP contribution in [0.3, 0.4) is 0 Å². The molecule has 0 radical (unpaired) electrons. The summed E-state index contributed by atoms with van der Waals surface area (Å²) in [6.07, 6.45) is 1.27. The Balaban J connectivity index is 2.86. The molecule has 0 N–H and O–H groups in total. The lowest BCUT2D eigenvalue weighted by Gasteiger charge is -2.31. The van der Waals surface area contributed by atoms with E-state index >= 15 is 0 Å². The SMILES string of the molecule is C/C1=C(/C)N(C)N(C)CCCSC1C. The van der Waals surface area contributed by atoms with Crippen LogP contribution >= 0.6 is 11.8 Å². The predicted octanol–water partition coefficient (Wildman–Crippen LogP) is 2.58. The van der Waals surface area contributed by atoms with Gasteiger partial charge >= 0.3 is 0 Å². The summed E-state index contributed by atoms with van der Waals surface area (Å²) < 4.78 is 0. The maximum Gasteiger partial charge on any atom is 0.0262 e. The summed E-state index contributed by atoms with van der Waals surface area (Å²) in [6.45, 7) is 7.93. The van der Waals surface area contributed by atoms with Crippen LogP contribution in [0.25, 0.3) is 0 Å². The van der Waals surface area contributed by atoms with E-state index in [1.54, 1.807) is 0 Å². The first-order valence-corrected chi connectivity index (χ1v) is 6.32. The molecule has 0 saturated heterocycles. The van der Waals surface area contributed by atoms with Gasteiger partial charge < -0.3 is 5.01 Å². The molecule has 3 heteroatoms. The normalized spacial score (nSPS) is 32.4. The Morgan fingerprint density at radius 2 is 1.93 bits per heavy atom. The minimum absolute atomic E-state index is 0.656. The van der Waals surface area contributed by atoms with Gasteiger partial charge in [-0.1, -0.05) is 0 Å². The Labute approximate surface area is 92.3 Å². The number of allylic oxidation sites excluding steroid dienone is 1. The molecular weight excluding hydrogens is 192 g/mol. The second kappa shape index (κ2) is 5.08. The zero-order chi connectivity index (χ0) is 10.7. The summed E-state index contributed by atoms with van der Waals surface area (Å²) in [5.41, 5.74) is 2.90. The van der Waals surface area contributed by atoms with Gasteiger partial charge in [-0.05, 0) is 38.5 Å². The summed E-state index contributed by atoms with van der Waals surface area (Å²) in [5.74, 6) is 1.27. The van der Waals surface area contributed by atoms with Crippen LogP contribution in [0.2, 0.25) is 0 Å². The second-order valence-electron chi connectivity index (χ2n) is 4.04. The molecule has 0 spiro atoms.